The number of hydrogen-bond acceptors (Lipinski definition) is 8. The Balaban J connectivity index is 0.00000137. The lowest BCUT2D eigenvalue weighted by atomic mass is 10.00. The molecular weight excluding hydrogens is 665 g/mol. The van der Waals surface area contributed by atoms with Crippen molar-refractivity contribution in [2.24, 2.45) is 0 Å². The number of ketones is 1. The highest BCUT2D eigenvalue weighted by atomic mass is 16.6. The van der Waals surface area contributed by atoms with Crippen LogP contribution in [-0.2, 0) is 6.54 Å². The van der Waals surface area contributed by atoms with Gasteiger partial charge in [-0.2, -0.15) is 0 Å². The molecule has 0 spiro atoms. The smallest absolute Gasteiger partial charge is 0.415 e. The Bertz CT molecular complexity index is 1880. The van der Waals surface area contributed by atoms with Crippen molar-refractivity contribution in [2.45, 2.75) is 77.4 Å². The summed E-state index contributed by atoms with van der Waals surface area (Å²) in [4.78, 5) is 42.9. The molecule has 4 saturated heterocycles. The van der Waals surface area contributed by atoms with Crippen LogP contribution in [0.4, 0.5) is 4.79 Å². The summed E-state index contributed by atoms with van der Waals surface area (Å²) in [6.45, 7) is 18.8. The van der Waals surface area contributed by atoms with Crippen LogP contribution in [0, 0.1) is 0 Å². The summed E-state index contributed by atoms with van der Waals surface area (Å²) in [7, 11) is 2.21. The number of furan rings is 1. The SMILES string of the molecule is C=Cc1ccc2oc(C(=O)c3cc4c(CN5CCC(N6CCN(C)CC6)CC5)c(OC(=O)N5CCC(N6CCCCC6)CC5)ccc4[nH]3)cc2c1.CC.[HH].[HH].[HH]. The van der Waals surface area contributed by atoms with Gasteiger partial charge in [-0.3, -0.25) is 14.6 Å². The maximum Gasteiger partial charge on any atom is 0.415 e. The quantitative estimate of drug-likeness (QED) is 0.182. The van der Waals surface area contributed by atoms with Crippen LogP contribution in [0.25, 0.3) is 27.9 Å². The number of carbonyl (C=O) groups excluding carboxylic acids is 2. The molecule has 53 heavy (non-hydrogen) atoms. The van der Waals surface area contributed by atoms with Crippen LogP contribution in [0.5, 0.6) is 5.75 Å². The number of nitrogens with one attached hydrogen (secondary N) is 1. The number of ether oxygens (including phenoxy) is 1. The minimum atomic E-state index is -0.283. The second kappa shape index (κ2) is 17.0. The van der Waals surface area contributed by atoms with E-state index in [4.69, 9.17) is 9.15 Å². The average Bonchev–Trinajstić information content (AvgIpc) is 3.85. The Morgan fingerprint density at radius 3 is 2.23 bits per heavy atom. The van der Waals surface area contributed by atoms with Gasteiger partial charge in [-0.25, -0.2) is 4.79 Å². The number of carbonyl (C=O) groups is 2. The summed E-state index contributed by atoms with van der Waals surface area (Å²) in [6.07, 6.45) is 9.61. The van der Waals surface area contributed by atoms with Crippen molar-refractivity contribution in [1.29, 1.82) is 0 Å². The first-order chi connectivity index (χ1) is 25.9. The van der Waals surface area contributed by atoms with Crippen molar-refractivity contribution >= 4 is 39.8 Å². The fourth-order valence-electron chi connectivity index (χ4n) is 8.77. The van der Waals surface area contributed by atoms with E-state index in [2.05, 4.69) is 38.2 Å². The molecule has 2 aromatic heterocycles. The van der Waals surface area contributed by atoms with Crippen molar-refractivity contribution in [3.63, 3.8) is 0 Å². The van der Waals surface area contributed by atoms with Crippen LogP contribution in [0.1, 0.15) is 90.4 Å². The highest BCUT2D eigenvalue weighted by Gasteiger charge is 2.31. The van der Waals surface area contributed by atoms with Gasteiger partial charge in [0.05, 0.1) is 5.69 Å². The molecule has 0 bridgehead atoms. The van der Waals surface area contributed by atoms with Gasteiger partial charge in [0.15, 0.2) is 5.76 Å². The van der Waals surface area contributed by atoms with Crippen LogP contribution >= 0.6 is 0 Å². The molecule has 10 nitrogen and oxygen atoms in total. The zero-order valence-corrected chi connectivity index (χ0v) is 32.1. The van der Waals surface area contributed by atoms with Crippen LogP contribution in [0.3, 0.4) is 0 Å². The molecule has 4 aliphatic rings. The molecule has 4 aliphatic heterocycles. The zero-order chi connectivity index (χ0) is 36.9. The third-order valence-electron chi connectivity index (χ3n) is 11.9. The van der Waals surface area contributed by atoms with Gasteiger partial charge >= 0.3 is 6.09 Å². The second-order valence-electron chi connectivity index (χ2n) is 15.2. The van der Waals surface area contributed by atoms with E-state index in [0.717, 1.165) is 92.4 Å². The van der Waals surface area contributed by atoms with E-state index in [1.54, 1.807) is 12.1 Å². The minimum absolute atomic E-state index is 0. The topological polar surface area (TPSA) is 88.5 Å². The predicted octanol–water partition coefficient (Wildman–Crippen LogP) is 8.21. The van der Waals surface area contributed by atoms with Gasteiger partial charge in [0.25, 0.3) is 0 Å². The Kier molecular flexibility index (Phi) is 12.0. The molecule has 0 aliphatic carbocycles. The Morgan fingerprint density at radius 2 is 1.53 bits per heavy atom. The predicted molar refractivity (Wildman–Crippen MR) is 219 cm³/mol. The molecule has 2 aromatic carbocycles. The number of rotatable bonds is 8. The van der Waals surface area contributed by atoms with Crippen LogP contribution in [0.2, 0.25) is 0 Å². The molecule has 0 unspecified atom stereocenters. The average molecular weight is 729 g/mol. The van der Waals surface area contributed by atoms with Gasteiger partial charge in [-0.1, -0.05) is 39.0 Å². The Hall–Kier alpha value is -3.96. The van der Waals surface area contributed by atoms with Gasteiger partial charge in [-0.05, 0) is 114 Å². The van der Waals surface area contributed by atoms with Crippen molar-refractivity contribution in [3.05, 3.63) is 71.6 Å². The number of piperazine rings is 1. The number of aromatic amines is 1. The van der Waals surface area contributed by atoms with E-state index in [-0.39, 0.29) is 21.9 Å². The largest absolute Gasteiger partial charge is 0.453 e. The fourth-order valence-corrected chi connectivity index (χ4v) is 8.77. The molecule has 0 atom stereocenters. The molecule has 1 amide bonds. The van der Waals surface area contributed by atoms with Crippen LogP contribution < -0.4 is 4.74 Å². The first-order valence-electron chi connectivity index (χ1n) is 20.1. The second-order valence-corrected chi connectivity index (χ2v) is 15.2. The lowest BCUT2D eigenvalue weighted by Gasteiger charge is -2.42. The van der Waals surface area contributed by atoms with Gasteiger partial charge in [0.2, 0.25) is 5.78 Å². The van der Waals surface area contributed by atoms with Crippen molar-refractivity contribution in [3.8, 4) is 5.75 Å². The summed E-state index contributed by atoms with van der Waals surface area (Å²) >= 11 is 0. The maximum atomic E-state index is 13.8. The zero-order valence-electron chi connectivity index (χ0n) is 32.1. The first kappa shape index (κ1) is 37.4. The standard InChI is InChI=1S/C41H52N6O4.C2H6.3H2/c1-3-29-7-9-37-30(25-29)26-39(50-37)40(48)36-27-33-34(28-44-17-11-31(12-18-44)46-23-21-43(2)22-24-46)38(10-8-35(33)42-36)51-41(49)47-19-13-32(14-20-47)45-15-5-4-6-16-45;1-2;;;/h3,7-10,25-27,31-32,42H,1,4-6,11-24,28H2,2H3;1-2H3;3*1H. The molecule has 290 valence electrons. The van der Waals surface area contributed by atoms with Crippen molar-refractivity contribution < 1.29 is 23.0 Å². The number of aromatic nitrogens is 1. The number of piperidine rings is 3. The Labute approximate surface area is 319 Å². The monoisotopic (exact) mass is 728 g/mol. The number of benzene rings is 2. The third-order valence-corrected chi connectivity index (χ3v) is 11.9. The van der Waals surface area contributed by atoms with Gasteiger partial charge in [-0.15, -0.1) is 0 Å². The molecule has 4 aromatic rings. The molecule has 0 saturated carbocycles. The number of H-pyrrole nitrogens is 1. The molecular formula is C43H64N6O4. The van der Waals surface area contributed by atoms with E-state index in [1.165, 1.54) is 32.4 Å². The van der Waals surface area contributed by atoms with E-state index < -0.39 is 0 Å². The maximum absolute atomic E-state index is 13.8. The fraction of sp³-hybridized carbons (Fsp3) is 0.535. The summed E-state index contributed by atoms with van der Waals surface area (Å²) in [5.74, 6) is 0.645. The lowest BCUT2D eigenvalue weighted by Crippen LogP contribution is -2.52. The minimum Gasteiger partial charge on any atom is -0.453 e. The van der Waals surface area contributed by atoms with Gasteiger partial charge in [0, 0.05) is 84.0 Å². The van der Waals surface area contributed by atoms with Crippen LogP contribution in [0.15, 0.2) is 53.5 Å². The van der Waals surface area contributed by atoms with Gasteiger partial charge < -0.3 is 28.8 Å². The molecule has 0 radical (unpaired) electrons. The number of fused-ring (bicyclic) bond motifs is 2. The van der Waals surface area contributed by atoms with Crippen molar-refractivity contribution in [2.75, 3.05) is 72.5 Å². The summed E-state index contributed by atoms with van der Waals surface area (Å²) in [6, 6.07) is 14.5. The van der Waals surface area contributed by atoms with E-state index in [9.17, 15) is 9.59 Å². The summed E-state index contributed by atoms with van der Waals surface area (Å²) in [5, 5.41) is 1.76. The molecule has 6 heterocycles. The third kappa shape index (κ3) is 8.41. The van der Waals surface area contributed by atoms with E-state index in [1.807, 2.05) is 55.1 Å². The number of likely N-dealkylation sites (N-methyl/N-ethyl adjacent to an activating group) is 1. The first-order valence-corrected chi connectivity index (χ1v) is 20.1. The number of hydrogen-bond donors (Lipinski definition) is 1. The normalized spacial score (nSPS) is 20.4. The van der Waals surface area contributed by atoms with Crippen molar-refractivity contribution in [1.82, 2.24) is 29.5 Å². The highest BCUT2D eigenvalue weighted by molar-refractivity contribution is 6.10. The number of nitrogens with zero attached hydrogens (tertiary/aromatic N) is 5. The number of amides is 1. The summed E-state index contributed by atoms with van der Waals surface area (Å²) < 4.78 is 12.3. The molecule has 4 fully saturated rings. The van der Waals surface area contributed by atoms with E-state index >= 15 is 0 Å². The highest BCUT2D eigenvalue weighted by Crippen LogP contribution is 2.34. The molecule has 10 heteroatoms. The summed E-state index contributed by atoms with van der Waals surface area (Å²) in [5.41, 5.74) is 3.87. The van der Waals surface area contributed by atoms with E-state index in [0.29, 0.717) is 48.7 Å². The van der Waals surface area contributed by atoms with Gasteiger partial charge in [0.1, 0.15) is 11.3 Å². The number of likely N-dealkylation sites (tertiary alicyclic amines) is 3. The molecule has 1 N–H and O–H groups in total. The molecule has 8 rings (SSSR count). The van der Waals surface area contributed by atoms with Crippen LogP contribution in [-0.4, -0.2) is 126 Å². The Morgan fingerprint density at radius 1 is 0.849 bits per heavy atom. The lowest BCUT2D eigenvalue weighted by molar-refractivity contribution is 0.0655.